The number of benzene rings is 2. The van der Waals surface area contributed by atoms with Crippen LogP contribution in [-0.4, -0.2) is 41.2 Å². The molecule has 3 aromatic rings. The third kappa shape index (κ3) is 7.68. The molecular formula is C22H25N5OS3. The van der Waals surface area contributed by atoms with Crippen molar-refractivity contribution in [2.24, 2.45) is 5.10 Å². The maximum Gasteiger partial charge on any atom is 0.250 e. The molecule has 6 nitrogen and oxygen atoms in total. The lowest BCUT2D eigenvalue weighted by atomic mass is 10.2. The van der Waals surface area contributed by atoms with E-state index in [1.54, 1.807) is 18.0 Å². The minimum absolute atomic E-state index is 0.172. The number of aromatic nitrogens is 2. The molecule has 0 aliphatic rings. The Hall–Kier alpha value is -2.36. The van der Waals surface area contributed by atoms with E-state index in [1.165, 1.54) is 34.3 Å². The van der Waals surface area contributed by atoms with Crippen LogP contribution in [0, 0.1) is 0 Å². The molecule has 9 heteroatoms. The molecule has 31 heavy (non-hydrogen) atoms. The second-order valence-electron chi connectivity index (χ2n) is 6.45. The lowest BCUT2D eigenvalue weighted by Crippen LogP contribution is -2.21. The zero-order valence-electron chi connectivity index (χ0n) is 17.5. The van der Waals surface area contributed by atoms with E-state index in [-0.39, 0.29) is 11.7 Å². The van der Waals surface area contributed by atoms with Gasteiger partial charge in [0.2, 0.25) is 0 Å². The zero-order chi connectivity index (χ0) is 21.9. The molecule has 0 radical (unpaired) electrons. The minimum Gasteiger partial charge on any atom is -0.372 e. The zero-order valence-corrected chi connectivity index (χ0v) is 20.0. The van der Waals surface area contributed by atoms with E-state index in [9.17, 15) is 4.79 Å². The predicted molar refractivity (Wildman–Crippen MR) is 132 cm³/mol. The lowest BCUT2D eigenvalue weighted by Gasteiger charge is -2.20. The Morgan fingerprint density at radius 1 is 1.03 bits per heavy atom. The van der Waals surface area contributed by atoms with E-state index in [2.05, 4.69) is 63.7 Å². The minimum atomic E-state index is -0.172. The lowest BCUT2D eigenvalue weighted by molar-refractivity contribution is -0.118. The van der Waals surface area contributed by atoms with E-state index in [0.29, 0.717) is 0 Å². The van der Waals surface area contributed by atoms with Crippen LogP contribution in [-0.2, 0) is 10.5 Å². The molecule has 0 aliphatic heterocycles. The second-order valence-corrected chi connectivity index (χ2v) is 9.88. The van der Waals surface area contributed by atoms with Gasteiger partial charge in [0, 0.05) is 24.5 Å². The summed E-state index contributed by atoms with van der Waals surface area (Å²) in [7, 11) is 0. The van der Waals surface area contributed by atoms with E-state index in [0.717, 1.165) is 33.1 Å². The van der Waals surface area contributed by atoms with E-state index < -0.39 is 0 Å². The first-order valence-electron chi connectivity index (χ1n) is 9.98. The molecule has 3 rings (SSSR count). The summed E-state index contributed by atoms with van der Waals surface area (Å²) >= 11 is 4.52. The predicted octanol–water partition coefficient (Wildman–Crippen LogP) is 4.92. The van der Waals surface area contributed by atoms with Crippen LogP contribution in [0.4, 0.5) is 5.69 Å². The van der Waals surface area contributed by atoms with Crippen LogP contribution >= 0.6 is 34.9 Å². The summed E-state index contributed by atoms with van der Waals surface area (Å²) < 4.78 is 1.68. The molecule has 0 saturated carbocycles. The quantitative estimate of drug-likeness (QED) is 0.243. The first-order valence-corrected chi connectivity index (χ1v) is 12.8. The van der Waals surface area contributed by atoms with Gasteiger partial charge in [0.1, 0.15) is 0 Å². The maximum absolute atomic E-state index is 12.0. The highest BCUT2D eigenvalue weighted by molar-refractivity contribution is 8.03. The summed E-state index contributed by atoms with van der Waals surface area (Å²) in [4.78, 5) is 14.3. The Balaban J connectivity index is 1.39. The summed E-state index contributed by atoms with van der Waals surface area (Å²) in [6.45, 7) is 6.22. The number of amides is 1. The van der Waals surface area contributed by atoms with Gasteiger partial charge in [-0.2, -0.15) is 5.10 Å². The highest BCUT2D eigenvalue weighted by Crippen LogP contribution is 2.30. The van der Waals surface area contributed by atoms with Crippen molar-refractivity contribution in [2.75, 3.05) is 23.7 Å². The summed E-state index contributed by atoms with van der Waals surface area (Å²) in [5.74, 6) is 0.927. The van der Waals surface area contributed by atoms with Crippen molar-refractivity contribution in [2.45, 2.75) is 28.3 Å². The van der Waals surface area contributed by atoms with Gasteiger partial charge < -0.3 is 4.90 Å². The highest BCUT2D eigenvalue weighted by Gasteiger charge is 2.08. The molecule has 162 valence electrons. The monoisotopic (exact) mass is 471 g/mol. The maximum atomic E-state index is 12.0. The summed E-state index contributed by atoms with van der Waals surface area (Å²) in [6.07, 6.45) is 1.65. The Morgan fingerprint density at radius 2 is 1.71 bits per heavy atom. The fraction of sp³-hybridized carbons (Fsp3) is 0.273. The Kier molecular flexibility index (Phi) is 9.39. The van der Waals surface area contributed by atoms with Crippen LogP contribution in [0.15, 0.2) is 68.4 Å². The number of hydrogen-bond donors (Lipinski definition) is 1. The van der Waals surface area contributed by atoms with E-state index in [4.69, 9.17) is 0 Å². The van der Waals surface area contributed by atoms with Crippen LogP contribution in [0.2, 0.25) is 0 Å². The van der Waals surface area contributed by atoms with Crippen molar-refractivity contribution in [1.29, 1.82) is 0 Å². The van der Waals surface area contributed by atoms with E-state index >= 15 is 0 Å². The summed E-state index contributed by atoms with van der Waals surface area (Å²) in [5.41, 5.74) is 5.93. The normalized spacial score (nSPS) is 11.0. The number of nitrogens with one attached hydrogen (secondary N) is 1. The first-order chi connectivity index (χ1) is 15.2. The molecule has 1 N–H and O–H groups in total. The van der Waals surface area contributed by atoms with Gasteiger partial charge in [0.25, 0.3) is 5.91 Å². The molecule has 1 amide bonds. The van der Waals surface area contributed by atoms with Crippen molar-refractivity contribution in [3.63, 3.8) is 0 Å². The average molecular weight is 472 g/mol. The fourth-order valence-electron chi connectivity index (χ4n) is 2.73. The van der Waals surface area contributed by atoms with Crippen LogP contribution in [0.1, 0.15) is 25.0 Å². The van der Waals surface area contributed by atoms with E-state index in [1.807, 2.05) is 30.3 Å². The fourth-order valence-corrected chi connectivity index (χ4v) is 5.50. The Bertz CT molecular complexity index is 972. The number of hydrogen-bond acceptors (Lipinski definition) is 8. The van der Waals surface area contributed by atoms with Crippen molar-refractivity contribution in [1.82, 2.24) is 15.6 Å². The van der Waals surface area contributed by atoms with Crippen LogP contribution in [0.5, 0.6) is 0 Å². The van der Waals surface area contributed by atoms with Gasteiger partial charge in [-0.15, -0.1) is 10.2 Å². The third-order valence-corrected chi connectivity index (χ3v) is 7.61. The van der Waals surface area contributed by atoms with Gasteiger partial charge in [0.15, 0.2) is 8.68 Å². The number of anilines is 1. The van der Waals surface area contributed by atoms with Gasteiger partial charge in [-0.3, -0.25) is 4.79 Å². The summed E-state index contributed by atoms with van der Waals surface area (Å²) in [6, 6.07) is 18.4. The van der Waals surface area contributed by atoms with Gasteiger partial charge >= 0.3 is 0 Å². The number of thioether (sulfide) groups is 2. The number of rotatable bonds is 11. The van der Waals surface area contributed by atoms with Crippen LogP contribution in [0.3, 0.4) is 0 Å². The molecule has 0 unspecified atom stereocenters. The molecular weight excluding hydrogens is 446 g/mol. The Morgan fingerprint density at radius 3 is 2.39 bits per heavy atom. The van der Waals surface area contributed by atoms with Gasteiger partial charge in [-0.05, 0) is 37.1 Å². The van der Waals surface area contributed by atoms with Gasteiger partial charge in [-0.1, -0.05) is 77.3 Å². The molecule has 0 spiro atoms. The third-order valence-electron chi connectivity index (χ3n) is 4.34. The molecule has 1 heterocycles. The summed E-state index contributed by atoms with van der Waals surface area (Å²) in [5, 5.41) is 12.4. The van der Waals surface area contributed by atoms with Crippen molar-refractivity contribution >= 4 is 52.7 Å². The van der Waals surface area contributed by atoms with Crippen molar-refractivity contribution in [3.8, 4) is 0 Å². The standard InChI is InChI=1S/C22H25N5OS3/c1-3-27(4-2)19-12-10-17(11-13-19)14-23-24-20(28)16-30-22-26-25-21(31-22)29-15-18-8-6-5-7-9-18/h5-14H,3-4,15-16H2,1-2H3,(H,24,28). The topological polar surface area (TPSA) is 70.5 Å². The second kappa shape index (κ2) is 12.5. The average Bonchev–Trinajstić information content (AvgIpc) is 3.27. The first kappa shape index (κ1) is 23.3. The van der Waals surface area contributed by atoms with Crippen molar-refractivity contribution in [3.05, 3.63) is 65.7 Å². The number of nitrogens with zero attached hydrogens (tertiary/aromatic N) is 4. The molecule has 2 aromatic carbocycles. The van der Waals surface area contributed by atoms with Crippen LogP contribution < -0.4 is 10.3 Å². The molecule has 0 atom stereocenters. The largest absolute Gasteiger partial charge is 0.372 e. The number of carbonyl (C=O) groups excluding carboxylic acids is 1. The Labute approximate surface area is 195 Å². The van der Waals surface area contributed by atoms with Gasteiger partial charge in [-0.25, -0.2) is 5.43 Å². The van der Waals surface area contributed by atoms with Crippen molar-refractivity contribution < 1.29 is 4.79 Å². The van der Waals surface area contributed by atoms with Crippen LogP contribution in [0.25, 0.3) is 0 Å². The van der Waals surface area contributed by atoms with Gasteiger partial charge in [0.05, 0.1) is 12.0 Å². The molecule has 0 fully saturated rings. The number of hydrazone groups is 1. The molecule has 0 aliphatic carbocycles. The number of carbonyl (C=O) groups is 1. The molecule has 0 saturated heterocycles. The molecule has 1 aromatic heterocycles. The highest BCUT2D eigenvalue weighted by atomic mass is 32.2. The molecule has 0 bridgehead atoms. The SMILES string of the molecule is CCN(CC)c1ccc(C=NNC(=O)CSc2nnc(SCc3ccccc3)s2)cc1. The smallest absolute Gasteiger partial charge is 0.250 e.